The van der Waals surface area contributed by atoms with Gasteiger partial charge in [-0.25, -0.2) is 28.4 Å². The third-order valence-electron chi connectivity index (χ3n) is 3.27. The molecule has 0 N–H and O–H groups in total. The van der Waals surface area contributed by atoms with Gasteiger partial charge in [0.1, 0.15) is 24.5 Å². The molecule has 3 aromatic heterocycles. The first-order chi connectivity index (χ1) is 11.0. The second-order valence-corrected chi connectivity index (χ2v) is 5.41. The first-order valence-electron chi connectivity index (χ1n) is 6.81. The summed E-state index contributed by atoms with van der Waals surface area (Å²) in [6.07, 6.45) is 0.316. The van der Waals surface area contributed by atoms with Crippen molar-refractivity contribution in [2.45, 2.75) is 19.5 Å². The van der Waals surface area contributed by atoms with E-state index in [1.807, 2.05) is 12.1 Å². The van der Waals surface area contributed by atoms with E-state index in [9.17, 15) is 8.78 Å². The van der Waals surface area contributed by atoms with Crippen molar-refractivity contribution in [1.82, 2.24) is 24.7 Å². The maximum Gasteiger partial charge on any atom is 0.257 e. The van der Waals surface area contributed by atoms with E-state index < -0.39 is 13.0 Å². The normalized spacial score (nSPS) is 11.3. The van der Waals surface area contributed by atoms with Gasteiger partial charge in [0, 0.05) is 18.6 Å². The third-order valence-corrected chi connectivity index (χ3v) is 3.48. The number of hydrogen-bond donors (Lipinski definition) is 0. The highest BCUT2D eigenvalue weighted by Crippen LogP contribution is 2.19. The topological polar surface area (TPSA) is 59.7 Å². The minimum Gasteiger partial charge on any atom is -0.352 e. The summed E-state index contributed by atoms with van der Waals surface area (Å²) in [5.74, 6) is 1.10. The van der Waals surface area contributed by atoms with Crippen molar-refractivity contribution in [3.05, 3.63) is 41.6 Å². The quantitative estimate of drug-likeness (QED) is 0.716. The van der Waals surface area contributed by atoms with Crippen molar-refractivity contribution in [3.63, 3.8) is 0 Å². The van der Waals surface area contributed by atoms with Crippen molar-refractivity contribution >= 4 is 28.5 Å². The molecule has 0 aliphatic heterocycles. The minimum absolute atomic E-state index is 0.304. The van der Waals surface area contributed by atoms with E-state index in [2.05, 4.69) is 20.1 Å². The van der Waals surface area contributed by atoms with Gasteiger partial charge in [0.05, 0.1) is 11.6 Å². The molecule has 0 atom stereocenters. The Labute approximate surface area is 135 Å². The van der Waals surface area contributed by atoms with Crippen molar-refractivity contribution in [1.29, 1.82) is 0 Å². The molecule has 6 nitrogen and oxygen atoms in total. The zero-order valence-corrected chi connectivity index (χ0v) is 13.0. The number of alkyl halides is 2. The van der Waals surface area contributed by atoms with Gasteiger partial charge in [0.25, 0.3) is 6.43 Å². The lowest BCUT2D eigenvalue weighted by Gasteiger charge is -2.18. The van der Waals surface area contributed by atoms with Crippen LogP contribution in [0.25, 0.3) is 11.0 Å². The molecule has 0 saturated heterocycles. The predicted octanol–water partition coefficient (Wildman–Crippen LogP) is 2.78. The van der Waals surface area contributed by atoms with E-state index in [1.54, 1.807) is 18.0 Å². The molecule has 0 aliphatic rings. The van der Waals surface area contributed by atoms with Gasteiger partial charge in [-0.2, -0.15) is 5.10 Å². The van der Waals surface area contributed by atoms with E-state index in [0.29, 0.717) is 28.9 Å². The fraction of sp³-hybridized carbons (Fsp3) is 0.286. The molecule has 0 radical (unpaired) electrons. The van der Waals surface area contributed by atoms with Crippen LogP contribution in [0.15, 0.2) is 30.7 Å². The van der Waals surface area contributed by atoms with Gasteiger partial charge in [-0.05, 0) is 18.2 Å². The predicted molar refractivity (Wildman–Crippen MR) is 82.7 cm³/mol. The summed E-state index contributed by atoms with van der Waals surface area (Å²) in [4.78, 5) is 14.4. The van der Waals surface area contributed by atoms with Gasteiger partial charge in [0.2, 0.25) is 0 Å². The third kappa shape index (κ3) is 3.53. The summed E-state index contributed by atoms with van der Waals surface area (Å²) in [6.45, 7) is -0.173. The molecule has 0 unspecified atom stereocenters. The molecule has 9 heteroatoms. The summed E-state index contributed by atoms with van der Waals surface area (Å²) < 4.78 is 26.2. The molecule has 23 heavy (non-hydrogen) atoms. The minimum atomic E-state index is -2.48. The molecule has 0 aromatic carbocycles. The number of fused-ring (bicyclic) bond motifs is 1. The highest BCUT2D eigenvalue weighted by molar-refractivity contribution is 6.31. The van der Waals surface area contributed by atoms with Crippen molar-refractivity contribution < 1.29 is 8.78 Å². The van der Waals surface area contributed by atoms with E-state index in [0.717, 1.165) is 5.39 Å². The van der Waals surface area contributed by atoms with Crippen molar-refractivity contribution in [2.75, 3.05) is 11.9 Å². The lowest BCUT2D eigenvalue weighted by atomic mass is 10.3. The Morgan fingerprint density at radius 1 is 1.30 bits per heavy atom. The van der Waals surface area contributed by atoms with Crippen LogP contribution in [-0.4, -0.2) is 38.2 Å². The first kappa shape index (κ1) is 15.5. The Morgan fingerprint density at radius 2 is 2.13 bits per heavy atom. The summed E-state index contributed by atoms with van der Waals surface area (Å²) in [5.41, 5.74) is 0.563. The fourth-order valence-electron chi connectivity index (χ4n) is 2.17. The Hall–Kier alpha value is -2.35. The van der Waals surface area contributed by atoms with E-state index >= 15 is 0 Å². The molecule has 3 rings (SSSR count). The molecular formula is C14H13ClF2N6. The number of halogens is 3. The molecule has 0 spiro atoms. The lowest BCUT2D eigenvalue weighted by molar-refractivity contribution is 0.120. The summed E-state index contributed by atoms with van der Waals surface area (Å²) in [7, 11) is 1.80. The summed E-state index contributed by atoms with van der Waals surface area (Å²) >= 11 is 5.89. The smallest absolute Gasteiger partial charge is 0.257 e. The SMILES string of the molecule is CN(Cc1ncnn1CC(F)F)c1ccc2cc(Cl)cnc2n1. The summed E-state index contributed by atoms with van der Waals surface area (Å²) in [5, 5.41) is 5.19. The van der Waals surface area contributed by atoms with Crippen LogP contribution in [-0.2, 0) is 13.1 Å². The zero-order valence-electron chi connectivity index (χ0n) is 12.2. The molecule has 0 bridgehead atoms. The van der Waals surface area contributed by atoms with Crippen LogP contribution < -0.4 is 4.90 Å². The second kappa shape index (κ2) is 6.41. The van der Waals surface area contributed by atoms with Crippen molar-refractivity contribution in [3.8, 4) is 0 Å². The number of rotatable bonds is 5. The fourth-order valence-corrected chi connectivity index (χ4v) is 2.34. The molecule has 0 fully saturated rings. The van der Waals surface area contributed by atoms with Crippen LogP contribution in [0.1, 0.15) is 5.82 Å². The Balaban J connectivity index is 1.82. The van der Waals surface area contributed by atoms with Gasteiger partial charge in [-0.1, -0.05) is 11.6 Å². The van der Waals surface area contributed by atoms with E-state index in [1.165, 1.54) is 17.2 Å². The van der Waals surface area contributed by atoms with Crippen LogP contribution in [0, 0.1) is 0 Å². The Morgan fingerprint density at radius 3 is 2.91 bits per heavy atom. The average molecular weight is 339 g/mol. The number of hydrogen-bond acceptors (Lipinski definition) is 5. The van der Waals surface area contributed by atoms with Gasteiger partial charge in [-0.3, -0.25) is 0 Å². The molecule has 0 saturated carbocycles. The van der Waals surface area contributed by atoms with Crippen LogP contribution in [0.4, 0.5) is 14.6 Å². The average Bonchev–Trinajstić information content (AvgIpc) is 2.92. The molecule has 0 aliphatic carbocycles. The first-order valence-corrected chi connectivity index (χ1v) is 7.19. The molecule has 0 amide bonds. The van der Waals surface area contributed by atoms with Gasteiger partial charge in [0.15, 0.2) is 5.65 Å². The van der Waals surface area contributed by atoms with Gasteiger partial charge in [-0.15, -0.1) is 0 Å². The van der Waals surface area contributed by atoms with Crippen LogP contribution >= 0.6 is 11.6 Å². The lowest BCUT2D eigenvalue weighted by Crippen LogP contribution is -2.22. The van der Waals surface area contributed by atoms with Crippen LogP contribution in [0.3, 0.4) is 0 Å². The highest BCUT2D eigenvalue weighted by Gasteiger charge is 2.13. The number of pyridine rings is 2. The molecule has 3 aromatic rings. The molecule has 120 valence electrons. The van der Waals surface area contributed by atoms with Crippen molar-refractivity contribution in [2.24, 2.45) is 0 Å². The van der Waals surface area contributed by atoms with Gasteiger partial charge >= 0.3 is 0 Å². The largest absolute Gasteiger partial charge is 0.352 e. The highest BCUT2D eigenvalue weighted by atomic mass is 35.5. The zero-order chi connectivity index (χ0) is 16.4. The molecular weight excluding hydrogens is 326 g/mol. The number of nitrogens with zero attached hydrogens (tertiary/aromatic N) is 6. The monoisotopic (exact) mass is 338 g/mol. The Kier molecular flexibility index (Phi) is 4.33. The van der Waals surface area contributed by atoms with E-state index in [4.69, 9.17) is 11.6 Å². The second-order valence-electron chi connectivity index (χ2n) is 4.98. The Bertz CT molecular complexity index is 822. The van der Waals surface area contributed by atoms with Crippen LogP contribution in [0.5, 0.6) is 0 Å². The van der Waals surface area contributed by atoms with E-state index in [-0.39, 0.29) is 0 Å². The number of aromatic nitrogens is 5. The maximum absolute atomic E-state index is 12.5. The number of anilines is 1. The van der Waals surface area contributed by atoms with Gasteiger partial charge < -0.3 is 4.90 Å². The van der Waals surface area contributed by atoms with Crippen LogP contribution in [0.2, 0.25) is 5.02 Å². The maximum atomic E-state index is 12.5. The summed E-state index contributed by atoms with van der Waals surface area (Å²) in [6, 6.07) is 5.45. The standard InChI is InChI=1S/C14H13ClF2N6/c1-22(7-13-19-8-20-23(13)6-11(16)17)12-3-2-9-4-10(15)5-18-14(9)21-12/h2-5,8,11H,6-7H2,1H3. The molecule has 3 heterocycles.